The molecular formula is C29H46N4O9. The Morgan fingerprint density at radius 1 is 0.881 bits per heavy atom. The standard InChI is InChI=1S/C29H46N4O9/c1-18(2)16-22(26(37)40-7)32-25(36)23(34)19(3)31-24(35)21(33-28(39)42-29(4,5)6)14-11-15-30-27(38)41-17-20-12-9-8-10-13-20/h8-10,12-13,18-19,21-23,34H,11,14-17H2,1-7H3,(H,30,38)(H,31,35)(H,32,36)(H,33,39)/t19-,21-,22-,23?/m0/s1. The summed E-state index contributed by atoms with van der Waals surface area (Å²) in [6.45, 7) is 10.4. The molecule has 0 saturated carbocycles. The first-order valence-electron chi connectivity index (χ1n) is 13.9. The van der Waals surface area contributed by atoms with Crippen LogP contribution in [0.25, 0.3) is 0 Å². The van der Waals surface area contributed by atoms with Crippen molar-refractivity contribution in [2.75, 3.05) is 13.7 Å². The van der Waals surface area contributed by atoms with Crippen LogP contribution in [0.15, 0.2) is 30.3 Å². The second kappa shape index (κ2) is 17.8. The average molecular weight is 595 g/mol. The molecule has 0 spiro atoms. The van der Waals surface area contributed by atoms with E-state index in [0.29, 0.717) is 6.42 Å². The van der Waals surface area contributed by atoms with Crippen molar-refractivity contribution in [1.29, 1.82) is 0 Å². The summed E-state index contributed by atoms with van der Waals surface area (Å²) >= 11 is 0. The molecule has 0 radical (unpaired) electrons. The van der Waals surface area contributed by atoms with E-state index >= 15 is 0 Å². The smallest absolute Gasteiger partial charge is 0.408 e. The number of alkyl carbamates (subject to hydrolysis) is 2. The van der Waals surface area contributed by atoms with E-state index in [9.17, 15) is 29.1 Å². The van der Waals surface area contributed by atoms with Gasteiger partial charge in [-0.15, -0.1) is 0 Å². The number of hydrogen-bond acceptors (Lipinski definition) is 9. The summed E-state index contributed by atoms with van der Waals surface area (Å²) < 4.78 is 15.1. The third-order valence-electron chi connectivity index (χ3n) is 5.78. The van der Waals surface area contributed by atoms with E-state index in [2.05, 4.69) is 21.3 Å². The molecule has 0 bridgehead atoms. The van der Waals surface area contributed by atoms with Crippen LogP contribution in [0.4, 0.5) is 9.59 Å². The van der Waals surface area contributed by atoms with E-state index < -0.39 is 59.8 Å². The normalized spacial score (nSPS) is 14.0. The number of benzene rings is 1. The SMILES string of the molecule is COC(=O)[C@H](CC(C)C)NC(=O)C(O)[C@H](C)NC(=O)[C@H](CCCNC(=O)OCc1ccccc1)NC(=O)OC(C)(C)C. The van der Waals surface area contributed by atoms with Gasteiger partial charge in [0, 0.05) is 6.54 Å². The highest BCUT2D eigenvalue weighted by molar-refractivity contribution is 5.89. The molecule has 42 heavy (non-hydrogen) atoms. The van der Waals surface area contributed by atoms with Gasteiger partial charge in [-0.3, -0.25) is 9.59 Å². The zero-order valence-electron chi connectivity index (χ0n) is 25.5. The molecule has 0 aliphatic carbocycles. The van der Waals surface area contributed by atoms with Gasteiger partial charge in [-0.05, 0) is 58.4 Å². The molecule has 0 fully saturated rings. The Kier molecular flexibility index (Phi) is 15.4. The number of carbonyl (C=O) groups excluding carboxylic acids is 5. The molecule has 1 unspecified atom stereocenters. The third kappa shape index (κ3) is 14.7. The topological polar surface area (TPSA) is 181 Å². The van der Waals surface area contributed by atoms with Gasteiger partial charge in [0.05, 0.1) is 13.2 Å². The van der Waals surface area contributed by atoms with Crippen molar-refractivity contribution >= 4 is 30.0 Å². The predicted octanol–water partition coefficient (Wildman–Crippen LogP) is 2.16. The molecule has 236 valence electrons. The predicted molar refractivity (Wildman–Crippen MR) is 154 cm³/mol. The van der Waals surface area contributed by atoms with E-state index in [1.165, 1.54) is 14.0 Å². The lowest BCUT2D eigenvalue weighted by molar-refractivity contribution is -0.147. The molecule has 0 saturated heterocycles. The monoisotopic (exact) mass is 594 g/mol. The van der Waals surface area contributed by atoms with E-state index in [0.717, 1.165) is 5.56 Å². The number of rotatable bonds is 15. The van der Waals surface area contributed by atoms with Gasteiger partial charge < -0.3 is 40.6 Å². The number of hydrogen-bond donors (Lipinski definition) is 5. The maximum absolute atomic E-state index is 13.1. The first kappa shape index (κ1) is 36.2. The minimum atomic E-state index is -1.70. The summed E-state index contributed by atoms with van der Waals surface area (Å²) in [4.78, 5) is 62.2. The Labute approximate surface area is 247 Å². The number of carbonyl (C=O) groups is 5. The van der Waals surface area contributed by atoms with Crippen LogP contribution in [-0.2, 0) is 35.2 Å². The quantitative estimate of drug-likeness (QED) is 0.115. The van der Waals surface area contributed by atoms with Gasteiger partial charge in [0.15, 0.2) is 6.10 Å². The van der Waals surface area contributed by atoms with Crippen molar-refractivity contribution in [1.82, 2.24) is 21.3 Å². The lowest BCUT2D eigenvalue weighted by atomic mass is 10.0. The van der Waals surface area contributed by atoms with E-state index in [-0.39, 0.29) is 31.9 Å². The molecule has 0 heterocycles. The highest BCUT2D eigenvalue weighted by atomic mass is 16.6. The van der Waals surface area contributed by atoms with Crippen LogP contribution < -0.4 is 21.3 Å². The minimum Gasteiger partial charge on any atom is -0.467 e. The lowest BCUT2D eigenvalue weighted by Gasteiger charge is -2.26. The molecule has 0 aliphatic rings. The van der Waals surface area contributed by atoms with E-state index in [4.69, 9.17) is 14.2 Å². The van der Waals surface area contributed by atoms with E-state index in [1.807, 2.05) is 44.2 Å². The zero-order chi connectivity index (χ0) is 31.9. The second-order valence-electron chi connectivity index (χ2n) is 11.3. The van der Waals surface area contributed by atoms with Crippen LogP contribution in [-0.4, -0.2) is 78.6 Å². The maximum atomic E-state index is 13.1. The van der Waals surface area contributed by atoms with Crippen molar-refractivity contribution in [3.05, 3.63) is 35.9 Å². The van der Waals surface area contributed by atoms with Crippen molar-refractivity contribution in [2.45, 2.75) is 97.2 Å². The van der Waals surface area contributed by atoms with E-state index in [1.54, 1.807) is 20.8 Å². The number of aliphatic hydroxyl groups is 1. The number of amides is 4. The summed E-state index contributed by atoms with van der Waals surface area (Å²) in [7, 11) is 1.20. The van der Waals surface area contributed by atoms with Crippen LogP contribution in [0.1, 0.15) is 66.4 Å². The zero-order valence-corrected chi connectivity index (χ0v) is 25.5. The van der Waals surface area contributed by atoms with Gasteiger partial charge in [-0.1, -0.05) is 44.2 Å². The third-order valence-corrected chi connectivity index (χ3v) is 5.78. The molecule has 1 aromatic rings. The van der Waals surface area contributed by atoms with Crippen LogP contribution in [0.2, 0.25) is 0 Å². The summed E-state index contributed by atoms with van der Waals surface area (Å²) in [6, 6.07) is 6.01. The van der Waals surface area contributed by atoms with Gasteiger partial charge in [0.25, 0.3) is 5.91 Å². The van der Waals surface area contributed by atoms with Crippen molar-refractivity contribution in [2.24, 2.45) is 5.92 Å². The first-order valence-corrected chi connectivity index (χ1v) is 13.9. The molecule has 1 aromatic carbocycles. The molecule has 1 rings (SSSR count). The highest BCUT2D eigenvalue weighted by Gasteiger charge is 2.31. The first-order chi connectivity index (χ1) is 19.6. The van der Waals surface area contributed by atoms with Gasteiger partial charge in [-0.2, -0.15) is 0 Å². The number of esters is 1. The number of ether oxygens (including phenoxy) is 3. The fourth-order valence-corrected chi connectivity index (χ4v) is 3.71. The fourth-order valence-electron chi connectivity index (χ4n) is 3.71. The second-order valence-corrected chi connectivity index (χ2v) is 11.3. The summed E-state index contributed by atoms with van der Waals surface area (Å²) in [5.74, 6) is -2.14. The minimum absolute atomic E-state index is 0.0589. The van der Waals surface area contributed by atoms with Crippen LogP contribution >= 0.6 is 0 Å². The Morgan fingerprint density at radius 2 is 1.52 bits per heavy atom. The Bertz CT molecular complexity index is 1030. The molecule has 5 N–H and O–H groups in total. The van der Waals surface area contributed by atoms with Gasteiger partial charge in [0.1, 0.15) is 24.3 Å². The van der Waals surface area contributed by atoms with Crippen LogP contribution in [0, 0.1) is 5.92 Å². The Morgan fingerprint density at radius 3 is 2.10 bits per heavy atom. The lowest BCUT2D eigenvalue weighted by Crippen LogP contribution is -2.56. The fraction of sp³-hybridized carbons (Fsp3) is 0.621. The maximum Gasteiger partial charge on any atom is 0.408 e. The van der Waals surface area contributed by atoms with Gasteiger partial charge >= 0.3 is 18.2 Å². The van der Waals surface area contributed by atoms with Gasteiger partial charge in [-0.25, -0.2) is 14.4 Å². The summed E-state index contributed by atoms with van der Waals surface area (Å²) in [6.07, 6.45) is -2.50. The summed E-state index contributed by atoms with van der Waals surface area (Å²) in [5, 5.41) is 20.6. The Hall–Kier alpha value is -3.87. The van der Waals surface area contributed by atoms with Crippen LogP contribution in [0.3, 0.4) is 0 Å². The largest absolute Gasteiger partial charge is 0.467 e. The number of methoxy groups -OCH3 is 1. The average Bonchev–Trinajstić information content (AvgIpc) is 2.91. The molecule has 0 aliphatic heterocycles. The number of nitrogens with one attached hydrogen (secondary N) is 4. The molecular weight excluding hydrogens is 548 g/mol. The molecule has 13 heteroatoms. The number of aliphatic hydroxyl groups excluding tert-OH is 1. The van der Waals surface area contributed by atoms with Crippen molar-refractivity contribution in [3.63, 3.8) is 0 Å². The molecule has 4 atom stereocenters. The Balaban J connectivity index is 2.75. The van der Waals surface area contributed by atoms with Crippen molar-refractivity contribution < 1.29 is 43.3 Å². The highest BCUT2D eigenvalue weighted by Crippen LogP contribution is 2.10. The van der Waals surface area contributed by atoms with Gasteiger partial charge in [0.2, 0.25) is 5.91 Å². The molecule has 4 amide bonds. The van der Waals surface area contributed by atoms with Crippen LogP contribution in [0.5, 0.6) is 0 Å². The van der Waals surface area contributed by atoms with Crippen molar-refractivity contribution in [3.8, 4) is 0 Å². The molecule has 13 nitrogen and oxygen atoms in total. The summed E-state index contributed by atoms with van der Waals surface area (Å²) in [5.41, 5.74) is 0.0137. The molecule has 0 aromatic heterocycles.